The molecule has 1 aliphatic rings. The van der Waals surface area contributed by atoms with Crippen LogP contribution in [0.25, 0.3) is 11.1 Å². The summed E-state index contributed by atoms with van der Waals surface area (Å²) in [4.78, 5) is 26.4. The minimum atomic E-state index is -0.914. The zero-order valence-corrected chi connectivity index (χ0v) is 23.0. The number of rotatable bonds is 9. The van der Waals surface area contributed by atoms with E-state index in [0.29, 0.717) is 11.5 Å². The van der Waals surface area contributed by atoms with Gasteiger partial charge in [0.05, 0.1) is 35.4 Å². The second-order valence-electron chi connectivity index (χ2n) is 9.26. The molecule has 0 saturated heterocycles. The monoisotopic (exact) mass is 555 g/mol. The van der Waals surface area contributed by atoms with Gasteiger partial charge in [-0.3, -0.25) is 4.79 Å². The molecule has 0 radical (unpaired) electrons. The first-order chi connectivity index (χ1) is 18.4. The topological polar surface area (TPSA) is 73.9 Å². The molecule has 1 atom stereocenters. The molecule has 1 fully saturated rings. The van der Waals surface area contributed by atoms with Crippen molar-refractivity contribution in [3.05, 3.63) is 81.8 Å². The number of esters is 1. The van der Waals surface area contributed by atoms with Gasteiger partial charge in [-0.1, -0.05) is 66.0 Å². The van der Waals surface area contributed by atoms with E-state index in [9.17, 15) is 9.59 Å². The minimum Gasteiger partial charge on any atom is -0.496 e. The number of carbonyl (C=O) groups is 2. The van der Waals surface area contributed by atoms with Gasteiger partial charge in [-0.2, -0.15) is 0 Å². The first-order valence-corrected chi connectivity index (χ1v) is 13.4. The van der Waals surface area contributed by atoms with Gasteiger partial charge in [-0.25, -0.2) is 4.79 Å². The molecule has 6 nitrogen and oxygen atoms in total. The lowest BCUT2D eigenvalue weighted by Gasteiger charge is -2.25. The molecule has 1 saturated carbocycles. The van der Waals surface area contributed by atoms with Crippen molar-refractivity contribution in [1.82, 2.24) is 5.32 Å². The Kier molecular flexibility index (Phi) is 9.53. The third-order valence-corrected chi connectivity index (χ3v) is 7.35. The molecule has 1 aliphatic carbocycles. The summed E-state index contributed by atoms with van der Waals surface area (Å²) in [5, 5.41) is 3.24. The van der Waals surface area contributed by atoms with Crippen molar-refractivity contribution in [2.75, 3.05) is 14.2 Å². The average Bonchev–Trinajstić information content (AvgIpc) is 2.93. The van der Waals surface area contributed by atoms with E-state index in [1.54, 1.807) is 32.4 Å². The van der Waals surface area contributed by atoms with Crippen LogP contribution >= 0.6 is 23.2 Å². The Bertz CT molecular complexity index is 1230. The van der Waals surface area contributed by atoms with Gasteiger partial charge in [0.15, 0.2) is 0 Å². The van der Waals surface area contributed by atoms with Crippen LogP contribution in [0, 0.1) is 0 Å². The number of methoxy groups -OCH3 is 2. The molecule has 0 heterocycles. The number of ether oxygens (including phenoxy) is 3. The fraction of sp³-hybridized carbons (Fsp3) is 0.333. The van der Waals surface area contributed by atoms with E-state index in [2.05, 4.69) is 5.32 Å². The lowest BCUT2D eigenvalue weighted by atomic mass is 9.97. The molecule has 0 bridgehead atoms. The van der Waals surface area contributed by atoms with Crippen molar-refractivity contribution in [3.8, 4) is 22.6 Å². The van der Waals surface area contributed by atoms with E-state index in [0.717, 1.165) is 48.8 Å². The number of halogens is 2. The summed E-state index contributed by atoms with van der Waals surface area (Å²) >= 11 is 12.5. The Morgan fingerprint density at radius 3 is 2.03 bits per heavy atom. The van der Waals surface area contributed by atoms with Crippen LogP contribution in [0.5, 0.6) is 11.5 Å². The second-order valence-corrected chi connectivity index (χ2v) is 10.1. The highest BCUT2D eigenvalue weighted by Gasteiger charge is 2.28. The first kappa shape index (κ1) is 27.8. The Hall–Kier alpha value is -3.22. The summed E-state index contributed by atoms with van der Waals surface area (Å²) in [6.07, 6.45) is 4.96. The van der Waals surface area contributed by atoms with Gasteiger partial charge >= 0.3 is 5.97 Å². The van der Waals surface area contributed by atoms with E-state index in [1.807, 2.05) is 42.5 Å². The molecule has 1 amide bonds. The van der Waals surface area contributed by atoms with Crippen LogP contribution in [0.3, 0.4) is 0 Å². The van der Waals surface area contributed by atoms with Gasteiger partial charge in [0.2, 0.25) is 0 Å². The molecule has 0 aromatic heterocycles. The van der Waals surface area contributed by atoms with Crippen LogP contribution in [0.2, 0.25) is 10.0 Å². The van der Waals surface area contributed by atoms with Gasteiger partial charge in [0.1, 0.15) is 23.6 Å². The lowest BCUT2D eigenvalue weighted by molar-refractivity contribution is -0.152. The number of nitrogens with one attached hydrogen (secondary N) is 1. The predicted molar refractivity (Wildman–Crippen MR) is 149 cm³/mol. The van der Waals surface area contributed by atoms with Crippen molar-refractivity contribution in [2.45, 2.75) is 50.7 Å². The average molecular weight is 556 g/mol. The molecule has 4 rings (SSSR count). The van der Waals surface area contributed by atoms with Crippen LogP contribution in [-0.4, -0.2) is 38.2 Å². The molecule has 3 aromatic carbocycles. The number of benzene rings is 3. The molecule has 1 N–H and O–H groups in total. The minimum absolute atomic E-state index is 0.130. The number of hydrogen-bond donors (Lipinski definition) is 1. The van der Waals surface area contributed by atoms with Crippen LogP contribution in [0.4, 0.5) is 0 Å². The normalized spacial score (nSPS) is 14.4. The second kappa shape index (κ2) is 13.0. The Morgan fingerprint density at radius 1 is 0.868 bits per heavy atom. The fourth-order valence-electron chi connectivity index (χ4n) is 4.75. The molecular weight excluding hydrogens is 525 g/mol. The van der Waals surface area contributed by atoms with Crippen molar-refractivity contribution in [2.24, 2.45) is 0 Å². The smallest absolute Gasteiger partial charge is 0.329 e. The van der Waals surface area contributed by atoms with Crippen molar-refractivity contribution in [3.63, 3.8) is 0 Å². The van der Waals surface area contributed by atoms with Gasteiger partial charge in [-0.05, 0) is 61.1 Å². The lowest BCUT2D eigenvalue weighted by Crippen LogP contribution is -2.44. The summed E-state index contributed by atoms with van der Waals surface area (Å²) in [6, 6.07) is 17.2. The Labute approximate surface area is 233 Å². The Morgan fingerprint density at radius 2 is 1.45 bits per heavy atom. The van der Waals surface area contributed by atoms with Gasteiger partial charge < -0.3 is 19.5 Å². The standard InChI is InChI=1S/C30H31Cl2NO5/c1-36-25-12-7-13-26(37-2)27(25)20-16-14-19(15-17-20)18-24(30(35)38-21-8-4-3-5-9-21)33-29(34)28-22(31)10-6-11-23(28)32/h6-7,10-17,21,24H,3-5,8-9,18H2,1-2H3,(H,33,34)/t24-/m0/s1. The third-order valence-electron chi connectivity index (χ3n) is 6.72. The maximum atomic E-state index is 13.3. The highest BCUT2D eigenvalue weighted by atomic mass is 35.5. The molecular formula is C30H31Cl2NO5. The maximum absolute atomic E-state index is 13.3. The van der Waals surface area contributed by atoms with E-state index in [-0.39, 0.29) is 28.1 Å². The summed E-state index contributed by atoms with van der Waals surface area (Å²) in [5.74, 6) is 0.385. The summed E-state index contributed by atoms with van der Waals surface area (Å²) < 4.78 is 16.9. The molecule has 8 heteroatoms. The molecule has 3 aromatic rings. The zero-order chi connectivity index (χ0) is 27.1. The van der Waals surface area contributed by atoms with Crippen LogP contribution in [0.15, 0.2) is 60.7 Å². The van der Waals surface area contributed by atoms with Crippen LogP contribution < -0.4 is 14.8 Å². The molecule has 0 unspecified atom stereocenters. The maximum Gasteiger partial charge on any atom is 0.329 e. The zero-order valence-electron chi connectivity index (χ0n) is 21.5. The van der Waals surface area contributed by atoms with E-state index in [4.69, 9.17) is 37.4 Å². The summed E-state index contributed by atoms with van der Waals surface area (Å²) in [5.41, 5.74) is 2.71. The predicted octanol–water partition coefficient (Wildman–Crippen LogP) is 6.89. The summed E-state index contributed by atoms with van der Waals surface area (Å²) in [7, 11) is 3.23. The quantitative estimate of drug-likeness (QED) is 0.291. The third kappa shape index (κ3) is 6.61. The van der Waals surface area contributed by atoms with Gasteiger partial charge in [0, 0.05) is 6.42 Å². The van der Waals surface area contributed by atoms with Gasteiger partial charge in [-0.15, -0.1) is 0 Å². The van der Waals surface area contributed by atoms with Crippen molar-refractivity contribution < 1.29 is 23.8 Å². The first-order valence-electron chi connectivity index (χ1n) is 12.7. The van der Waals surface area contributed by atoms with Crippen molar-refractivity contribution in [1.29, 1.82) is 0 Å². The number of hydrogen-bond acceptors (Lipinski definition) is 5. The number of carbonyl (C=O) groups excluding carboxylic acids is 2. The molecule has 0 spiro atoms. The van der Waals surface area contributed by atoms with Crippen molar-refractivity contribution >= 4 is 35.1 Å². The highest BCUT2D eigenvalue weighted by Crippen LogP contribution is 2.38. The molecule has 38 heavy (non-hydrogen) atoms. The molecule has 200 valence electrons. The van der Waals surface area contributed by atoms with E-state index in [1.165, 1.54) is 0 Å². The largest absolute Gasteiger partial charge is 0.496 e. The number of amides is 1. The summed E-state index contributed by atoms with van der Waals surface area (Å²) in [6.45, 7) is 0. The molecule has 0 aliphatic heterocycles. The Balaban J connectivity index is 1.58. The van der Waals surface area contributed by atoms with E-state index < -0.39 is 17.9 Å². The fourth-order valence-corrected chi connectivity index (χ4v) is 5.32. The highest BCUT2D eigenvalue weighted by molar-refractivity contribution is 6.39. The SMILES string of the molecule is COc1cccc(OC)c1-c1ccc(C[C@H](NC(=O)c2c(Cl)cccc2Cl)C(=O)OC2CCCCC2)cc1. The van der Waals surface area contributed by atoms with Crippen LogP contribution in [0.1, 0.15) is 48.0 Å². The van der Waals surface area contributed by atoms with E-state index >= 15 is 0 Å². The van der Waals surface area contributed by atoms with Gasteiger partial charge in [0.25, 0.3) is 5.91 Å². The van der Waals surface area contributed by atoms with Crippen LogP contribution in [-0.2, 0) is 16.0 Å².